The molecule has 0 unspecified atom stereocenters. The summed E-state index contributed by atoms with van der Waals surface area (Å²) in [4.78, 5) is 8.12. The fraction of sp³-hybridized carbons (Fsp3) is 0.273. The monoisotopic (exact) mass is 281 g/mol. The molecule has 2 aromatic heterocycles. The highest BCUT2D eigenvalue weighted by molar-refractivity contribution is 7.89. The van der Waals surface area contributed by atoms with E-state index < -0.39 is 10.0 Å². The topological polar surface area (TPSA) is 103 Å². The predicted octanol–water partition coefficient (Wildman–Crippen LogP) is -0.248. The number of nitrogens with one attached hydrogen (secondary N) is 1. The first kappa shape index (κ1) is 13.7. The molecule has 0 aromatic carbocycles. The van der Waals surface area contributed by atoms with Crippen molar-refractivity contribution in [3.8, 4) is 0 Å². The third-order valence-corrected chi connectivity index (χ3v) is 4.15. The molecule has 0 aliphatic carbocycles. The lowest BCUT2D eigenvalue weighted by Gasteiger charge is -2.09. The van der Waals surface area contributed by atoms with Crippen LogP contribution >= 0.6 is 0 Å². The van der Waals surface area contributed by atoms with Crippen molar-refractivity contribution in [1.82, 2.24) is 19.3 Å². The second-order valence-corrected chi connectivity index (χ2v) is 5.67. The molecule has 0 amide bonds. The van der Waals surface area contributed by atoms with Crippen LogP contribution in [0.4, 0.5) is 0 Å². The van der Waals surface area contributed by atoms with Gasteiger partial charge in [-0.25, -0.2) is 18.1 Å². The molecule has 102 valence electrons. The minimum Gasteiger partial charge on any atom is -0.337 e. The van der Waals surface area contributed by atoms with Crippen LogP contribution in [0, 0.1) is 0 Å². The number of pyridine rings is 1. The van der Waals surface area contributed by atoms with Gasteiger partial charge in [0.25, 0.3) is 0 Å². The van der Waals surface area contributed by atoms with Gasteiger partial charge in [-0.1, -0.05) is 0 Å². The summed E-state index contributed by atoms with van der Waals surface area (Å²) < 4.78 is 28.6. The van der Waals surface area contributed by atoms with E-state index in [1.165, 1.54) is 12.3 Å². The van der Waals surface area contributed by atoms with E-state index in [4.69, 9.17) is 5.73 Å². The van der Waals surface area contributed by atoms with Crippen LogP contribution < -0.4 is 10.5 Å². The Labute approximate surface area is 111 Å². The minimum atomic E-state index is -3.64. The van der Waals surface area contributed by atoms with E-state index in [-0.39, 0.29) is 18.0 Å². The van der Waals surface area contributed by atoms with Crippen LogP contribution in [0.25, 0.3) is 0 Å². The predicted molar refractivity (Wildman–Crippen MR) is 69.4 cm³/mol. The van der Waals surface area contributed by atoms with Crippen LogP contribution in [0.1, 0.15) is 11.5 Å². The zero-order valence-corrected chi connectivity index (χ0v) is 11.3. The van der Waals surface area contributed by atoms with Crippen molar-refractivity contribution in [2.24, 2.45) is 12.8 Å². The molecular formula is C11H15N5O2S. The highest BCUT2D eigenvalue weighted by atomic mass is 32.2. The van der Waals surface area contributed by atoms with E-state index in [0.717, 1.165) is 0 Å². The molecule has 0 saturated heterocycles. The molecule has 0 fully saturated rings. The standard InChI is InChI=1S/C11H15N5O2S/c1-16-6-5-14-11(16)8-15-19(17,18)10-3-2-4-13-9(10)7-12/h2-6,15H,7-8,12H2,1H3. The van der Waals surface area contributed by atoms with Gasteiger partial charge in [-0.3, -0.25) is 4.98 Å². The summed E-state index contributed by atoms with van der Waals surface area (Å²) in [6, 6.07) is 3.05. The maximum absolute atomic E-state index is 12.2. The molecule has 0 bridgehead atoms. The van der Waals surface area contributed by atoms with E-state index in [9.17, 15) is 8.42 Å². The molecule has 19 heavy (non-hydrogen) atoms. The lowest BCUT2D eigenvalue weighted by atomic mass is 10.3. The van der Waals surface area contributed by atoms with Crippen LogP contribution in [0.5, 0.6) is 0 Å². The van der Waals surface area contributed by atoms with Crippen LogP contribution in [-0.2, 0) is 30.2 Å². The number of imidazole rings is 1. The third-order valence-electron chi connectivity index (χ3n) is 2.67. The lowest BCUT2D eigenvalue weighted by molar-refractivity contribution is 0.575. The average Bonchev–Trinajstić information content (AvgIpc) is 2.82. The van der Waals surface area contributed by atoms with E-state index in [0.29, 0.717) is 11.5 Å². The first-order valence-electron chi connectivity index (χ1n) is 5.64. The SMILES string of the molecule is Cn1ccnc1CNS(=O)(=O)c1cccnc1CN. The first-order chi connectivity index (χ1) is 9.04. The highest BCUT2D eigenvalue weighted by Gasteiger charge is 2.18. The molecule has 0 aliphatic rings. The molecule has 2 heterocycles. The Balaban J connectivity index is 2.21. The third kappa shape index (κ3) is 2.98. The zero-order valence-electron chi connectivity index (χ0n) is 10.4. The van der Waals surface area contributed by atoms with Crippen LogP contribution in [0.15, 0.2) is 35.6 Å². The maximum atomic E-state index is 12.2. The number of nitrogens with two attached hydrogens (primary N) is 1. The molecule has 2 rings (SSSR count). The first-order valence-corrected chi connectivity index (χ1v) is 7.12. The van der Waals surface area contributed by atoms with Crippen molar-refractivity contribution in [1.29, 1.82) is 0 Å². The van der Waals surface area contributed by atoms with Crippen molar-refractivity contribution < 1.29 is 8.42 Å². The van der Waals surface area contributed by atoms with E-state index >= 15 is 0 Å². The highest BCUT2D eigenvalue weighted by Crippen LogP contribution is 2.12. The molecule has 8 heteroatoms. The van der Waals surface area contributed by atoms with Crippen LogP contribution in [0.3, 0.4) is 0 Å². The Hall–Kier alpha value is -1.77. The molecular weight excluding hydrogens is 266 g/mol. The van der Waals surface area contributed by atoms with Crippen molar-refractivity contribution >= 4 is 10.0 Å². The Kier molecular flexibility index (Phi) is 3.93. The molecule has 2 aromatic rings. The largest absolute Gasteiger partial charge is 0.337 e. The summed E-state index contributed by atoms with van der Waals surface area (Å²) in [6.45, 7) is 0.185. The number of hydrogen-bond donors (Lipinski definition) is 2. The number of aromatic nitrogens is 3. The lowest BCUT2D eigenvalue weighted by Crippen LogP contribution is -2.26. The Morgan fingerprint density at radius 3 is 2.79 bits per heavy atom. The van der Waals surface area contributed by atoms with E-state index in [1.807, 2.05) is 0 Å². The summed E-state index contributed by atoms with van der Waals surface area (Å²) in [7, 11) is -1.84. The van der Waals surface area contributed by atoms with Crippen molar-refractivity contribution in [3.05, 3.63) is 42.2 Å². The molecule has 0 saturated carbocycles. The molecule has 7 nitrogen and oxygen atoms in total. The van der Waals surface area contributed by atoms with E-state index in [1.54, 1.807) is 30.1 Å². The molecule has 0 atom stereocenters. The van der Waals surface area contributed by atoms with Gasteiger partial charge in [-0.05, 0) is 12.1 Å². The summed E-state index contributed by atoms with van der Waals surface area (Å²) >= 11 is 0. The average molecular weight is 281 g/mol. The second-order valence-electron chi connectivity index (χ2n) is 3.93. The molecule has 3 N–H and O–H groups in total. The fourth-order valence-corrected chi connectivity index (χ4v) is 2.80. The Bertz CT molecular complexity index is 665. The minimum absolute atomic E-state index is 0.0689. The quantitative estimate of drug-likeness (QED) is 0.787. The number of hydrogen-bond acceptors (Lipinski definition) is 5. The summed E-state index contributed by atoms with van der Waals surface area (Å²) in [5.41, 5.74) is 5.83. The summed E-state index contributed by atoms with van der Waals surface area (Å²) in [5, 5.41) is 0. The Morgan fingerprint density at radius 1 is 1.37 bits per heavy atom. The van der Waals surface area contributed by atoms with Crippen molar-refractivity contribution in [2.45, 2.75) is 18.0 Å². The van der Waals surface area contributed by atoms with Gasteiger partial charge in [-0.15, -0.1) is 0 Å². The van der Waals surface area contributed by atoms with Gasteiger partial charge in [0.1, 0.15) is 10.7 Å². The van der Waals surface area contributed by atoms with Gasteiger partial charge in [0, 0.05) is 32.2 Å². The van der Waals surface area contributed by atoms with Crippen molar-refractivity contribution in [2.75, 3.05) is 0 Å². The molecule has 0 radical (unpaired) electrons. The smallest absolute Gasteiger partial charge is 0.242 e. The van der Waals surface area contributed by atoms with Gasteiger partial charge in [-0.2, -0.15) is 0 Å². The number of rotatable bonds is 5. The summed E-state index contributed by atoms with van der Waals surface area (Å²) in [5.74, 6) is 0.627. The number of sulfonamides is 1. The van der Waals surface area contributed by atoms with Crippen LogP contribution in [-0.4, -0.2) is 23.0 Å². The van der Waals surface area contributed by atoms with Gasteiger partial charge >= 0.3 is 0 Å². The second kappa shape index (κ2) is 5.47. The number of aryl methyl sites for hydroxylation is 1. The van der Waals surface area contributed by atoms with Crippen molar-refractivity contribution in [3.63, 3.8) is 0 Å². The fourth-order valence-electron chi connectivity index (χ4n) is 1.63. The normalized spacial score (nSPS) is 11.7. The molecule has 0 aliphatic heterocycles. The summed E-state index contributed by atoms with van der Waals surface area (Å²) in [6.07, 6.45) is 4.87. The number of nitrogens with zero attached hydrogens (tertiary/aromatic N) is 3. The van der Waals surface area contributed by atoms with Crippen LogP contribution in [0.2, 0.25) is 0 Å². The molecule has 0 spiro atoms. The Morgan fingerprint density at radius 2 is 2.16 bits per heavy atom. The van der Waals surface area contributed by atoms with Gasteiger partial charge in [0.05, 0.1) is 12.2 Å². The zero-order chi connectivity index (χ0) is 13.9. The maximum Gasteiger partial charge on any atom is 0.242 e. The van der Waals surface area contributed by atoms with Gasteiger partial charge in [0.15, 0.2) is 0 Å². The van der Waals surface area contributed by atoms with Gasteiger partial charge < -0.3 is 10.3 Å². The van der Waals surface area contributed by atoms with Gasteiger partial charge in [0.2, 0.25) is 10.0 Å². The van der Waals surface area contributed by atoms with E-state index in [2.05, 4.69) is 14.7 Å².